The lowest BCUT2D eigenvalue weighted by molar-refractivity contribution is -0.148. The van der Waals surface area contributed by atoms with Gasteiger partial charge < -0.3 is 9.53 Å². The average molecular weight is 156 g/mol. The molecule has 0 spiro atoms. The summed E-state index contributed by atoms with van der Waals surface area (Å²) in [5.74, 6) is -0.285. The van der Waals surface area contributed by atoms with Crippen molar-refractivity contribution < 1.29 is 14.3 Å². The van der Waals surface area contributed by atoms with Crippen molar-refractivity contribution in [3.63, 3.8) is 0 Å². The lowest BCUT2D eigenvalue weighted by Gasteiger charge is -2.09. The van der Waals surface area contributed by atoms with Crippen LogP contribution in [0.5, 0.6) is 0 Å². The fourth-order valence-electron chi connectivity index (χ4n) is 1.39. The van der Waals surface area contributed by atoms with Crippen LogP contribution in [0.3, 0.4) is 0 Å². The number of carbonyl (C=O) groups excluding carboxylic acids is 2. The number of aldehydes is 1. The predicted molar refractivity (Wildman–Crippen MR) is 38.9 cm³/mol. The van der Waals surface area contributed by atoms with Crippen molar-refractivity contribution in [2.45, 2.75) is 20.3 Å². The average Bonchev–Trinajstić information content (AvgIpc) is 2.56. The van der Waals surface area contributed by atoms with Gasteiger partial charge in [-0.25, -0.2) is 0 Å². The van der Waals surface area contributed by atoms with Crippen LogP contribution in [0.2, 0.25) is 0 Å². The quantitative estimate of drug-likeness (QED) is 0.438. The van der Waals surface area contributed by atoms with Crippen LogP contribution in [-0.4, -0.2) is 19.4 Å². The normalized spacial score (nSPS) is 41.4. The molecule has 62 valence electrons. The summed E-state index contributed by atoms with van der Waals surface area (Å²) in [5, 5.41) is 0. The van der Waals surface area contributed by atoms with Crippen molar-refractivity contribution in [3.05, 3.63) is 0 Å². The number of ether oxygens (including phenoxy) is 1. The van der Waals surface area contributed by atoms with Gasteiger partial charge in [0.1, 0.15) is 6.29 Å². The van der Waals surface area contributed by atoms with Gasteiger partial charge in [-0.3, -0.25) is 4.79 Å². The summed E-state index contributed by atoms with van der Waals surface area (Å²) >= 11 is 0. The van der Waals surface area contributed by atoms with E-state index >= 15 is 0 Å². The third-order valence-corrected chi connectivity index (χ3v) is 2.75. The molecule has 0 heterocycles. The summed E-state index contributed by atoms with van der Waals surface area (Å²) in [5.41, 5.74) is -1.05. The molecular weight excluding hydrogens is 144 g/mol. The van der Waals surface area contributed by atoms with Crippen LogP contribution in [0, 0.1) is 10.8 Å². The molecule has 0 aromatic carbocycles. The van der Waals surface area contributed by atoms with Crippen LogP contribution >= 0.6 is 0 Å². The van der Waals surface area contributed by atoms with E-state index in [0.717, 1.165) is 6.29 Å². The van der Waals surface area contributed by atoms with Gasteiger partial charge in [0, 0.05) is 5.41 Å². The van der Waals surface area contributed by atoms with Gasteiger partial charge in [0.05, 0.1) is 12.5 Å². The highest BCUT2D eigenvalue weighted by molar-refractivity contribution is 5.88. The molecule has 0 aromatic rings. The van der Waals surface area contributed by atoms with Gasteiger partial charge in [0.2, 0.25) is 0 Å². The van der Waals surface area contributed by atoms with E-state index < -0.39 is 10.8 Å². The van der Waals surface area contributed by atoms with Crippen LogP contribution in [-0.2, 0) is 14.3 Å². The fourth-order valence-corrected chi connectivity index (χ4v) is 1.39. The minimum Gasteiger partial charge on any atom is -0.469 e. The number of hydrogen-bond acceptors (Lipinski definition) is 3. The zero-order valence-electron chi connectivity index (χ0n) is 7.01. The first-order valence-corrected chi connectivity index (χ1v) is 3.55. The van der Waals surface area contributed by atoms with Crippen molar-refractivity contribution in [1.29, 1.82) is 0 Å². The van der Waals surface area contributed by atoms with E-state index in [2.05, 4.69) is 4.74 Å². The first-order valence-electron chi connectivity index (χ1n) is 3.55. The Balaban J connectivity index is 2.76. The van der Waals surface area contributed by atoms with E-state index in [1.54, 1.807) is 13.8 Å². The zero-order chi connectivity index (χ0) is 8.70. The van der Waals surface area contributed by atoms with Crippen molar-refractivity contribution in [3.8, 4) is 0 Å². The smallest absolute Gasteiger partial charge is 0.312 e. The maximum atomic E-state index is 11.1. The minimum absolute atomic E-state index is 0.285. The fraction of sp³-hybridized carbons (Fsp3) is 0.750. The second-order valence-corrected chi connectivity index (χ2v) is 3.54. The number of rotatable bonds is 2. The van der Waals surface area contributed by atoms with Crippen molar-refractivity contribution in [1.82, 2.24) is 0 Å². The first kappa shape index (κ1) is 8.24. The molecule has 11 heavy (non-hydrogen) atoms. The lowest BCUT2D eigenvalue weighted by atomic mass is 9.98. The first-order chi connectivity index (χ1) is 5.00. The number of carbonyl (C=O) groups is 2. The molecule has 2 atom stereocenters. The molecule has 0 N–H and O–H groups in total. The molecule has 0 saturated heterocycles. The van der Waals surface area contributed by atoms with Crippen LogP contribution in [0.25, 0.3) is 0 Å². The van der Waals surface area contributed by atoms with E-state index in [0.29, 0.717) is 6.42 Å². The van der Waals surface area contributed by atoms with Crippen LogP contribution in [0.15, 0.2) is 0 Å². The zero-order valence-corrected chi connectivity index (χ0v) is 7.01. The predicted octanol–water partition coefficient (Wildman–Crippen LogP) is 0.775. The van der Waals surface area contributed by atoms with Crippen molar-refractivity contribution in [2.75, 3.05) is 7.11 Å². The third kappa shape index (κ3) is 0.870. The maximum Gasteiger partial charge on any atom is 0.312 e. The molecule has 0 unspecified atom stereocenters. The summed E-state index contributed by atoms with van der Waals surface area (Å²) < 4.78 is 4.58. The molecule has 1 fully saturated rings. The SMILES string of the molecule is COC(=O)[C@@]1(C)C[C@]1(C)C=O. The molecule has 0 bridgehead atoms. The monoisotopic (exact) mass is 156 g/mol. The highest BCUT2D eigenvalue weighted by Crippen LogP contribution is 2.62. The van der Waals surface area contributed by atoms with Gasteiger partial charge in [-0.2, -0.15) is 0 Å². The molecule has 3 heteroatoms. The Bertz CT molecular complexity index is 211. The van der Waals surface area contributed by atoms with E-state index in [1.165, 1.54) is 7.11 Å². The van der Waals surface area contributed by atoms with Gasteiger partial charge in [-0.1, -0.05) is 6.92 Å². The van der Waals surface area contributed by atoms with E-state index in [4.69, 9.17) is 0 Å². The largest absolute Gasteiger partial charge is 0.469 e. The molecule has 1 saturated carbocycles. The standard InChI is InChI=1S/C8H12O3/c1-7(5-9)4-8(7,2)6(10)11-3/h5H,4H2,1-3H3/t7-,8-/m1/s1. The Morgan fingerprint density at radius 2 is 2.09 bits per heavy atom. The number of hydrogen-bond donors (Lipinski definition) is 0. The molecule has 1 aliphatic rings. The highest BCUT2D eigenvalue weighted by Gasteiger charge is 2.67. The van der Waals surface area contributed by atoms with Gasteiger partial charge in [-0.05, 0) is 13.3 Å². The summed E-state index contributed by atoms with van der Waals surface area (Å²) in [6, 6.07) is 0. The van der Waals surface area contributed by atoms with E-state index in [9.17, 15) is 9.59 Å². The molecule has 3 nitrogen and oxygen atoms in total. The van der Waals surface area contributed by atoms with Gasteiger partial charge in [0.15, 0.2) is 0 Å². The second-order valence-electron chi connectivity index (χ2n) is 3.54. The number of methoxy groups -OCH3 is 1. The third-order valence-electron chi connectivity index (χ3n) is 2.75. The second kappa shape index (κ2) is 2.06. The molecule has 0 aliphatic heterocycles. The Morgan fingerprint density at radius 1 is 1.55 bits per heavy atom. The highest BCUT2D eigenvalue weighted by atomic mass is 16.5. The summed E-state index contributed by atoms with van der Waals surface area (Å²) in [6.45, 7) is 3.53. The summed E-state index contributed by atoms with van der Waals surface area (Å²) in [6.07, 6.45) is 1.44. The molecular formula is C8H12O3. The van der Waals surface area contributed by atoms with E-state index in [1.807, 2.05) is 0 Å². The summed E-state index contributed by atoms with van der Waals surface area (Å²) in [4.78, 5) is 21.6. The van der Waals surface area contributed by atoms with Crippen LogP contribution in [0.4, 0.5) is 0 Å². The Labute approximate surface area is 65.7 Å². The lowest BCUT2D eigenvalue weighted by Crippen LogP contribution is -2.21. The van der Waals surface area contributed by atoms with Crippen LogP contribution in [0.1, 0.15) is 20.3 Å². The summed E-state index contributed by atoms with van der Waals surface area (Å²) in [7, 11) is 1.34. The van der Waals surface area contributed by atoms with E-state index in [-0.39, 0.29) is 5.97 Å². The van der Waals surface area contributed by atoms with Crippen molar-refractivity contribution >= 4 is 12.3 Å². The van der Waals surface area contributed by atoms with Crippen molar-refractivity contribution in [2.24, 2.45) is 10.8 Å². The molecule has 1 rings (SSSR count). The topological polar surface area (TPSA) is 43.4 Å². The van der Waals surface area contributed by atoms with Gasteiger partial charge in [0.25, 0.3) is 0 Å². The molecule has 0 radical (unpaired) electrons. The molecule has 0 amide bonds. The Morgan fingerprint density at radius 3 is 2.36 bits per heavy atom. The Hall–Kier alpha value is -0.860. The molecule has 0 aromatic heterocycles. The molecule has 1 aliphatic carbocycles. The maximum absolute atomic E-state index is 11.1. The van der Waals surface area contributed by atoms with Gasteiger partial charge in [-0.15, -0.1) is 0 Å². The van der Waals surface area contributed by atoms with Crippen LogP contribution < -0.4 is 0 Å². The number of esters is 1. The Kier molecular flexibility index (Phi) is 1.54. The van der Waals surface area contributed by atoms with Gasteiger partial charge >= 0.3 is 5.97 Å². The minimum atomic E-state index is -0.566.